The summed E-state index contributed by atoms with van der Waals surface area (Å²) in [5, 5.41) is 9.06. The van der Waals surface area contributed by atoms with Gasteiger partial charge in [0.2, 0.25) is 5.95 Å². The van der Waals surface area contributed by atoms with Gasteiger partial charge in [-0.15, -0.1) is 0 Å². The Bertz CT molecular complexity index is 3080. The first-order valence-corrected chi connectivity index (χ1v) is 20.0. The van der Waals surface area contributed by atoms with Gasteiger partial charge in [0.25, 0.3) is 0 Å². The van der Waals surface area contributed by atoms with Gasteiger partial charge < -0.3 is 4.98 Å². The predicted octanol–water partition coefficient (Wildman–Crippen LogP) is 13.1. The molecule has 0 unspecified atom stereocenters. The summed E-state index contributed by atoms with van der Waals surface area (Å²) in [6.07, 6.45) is 1.83. The maximum absolute atomic E-state index is 5.57. The van der Waals surface area contributed by atoms with E-state index in [0.717, 1.165) is 73.1 Å². The monoisotopic (exact) mass is 755 g/mol. The largest absolute Gasteiger partial charge is 0.353 e. The van der Waals surface area contributed by atoms with Crippen molar-refractivity contribution in [3.05, 3.63) is 169 Å². The van der Waals surface area contributed by atoms with E-state index in [2.05, 4.69) is 170 Å². The number of hydrogen-bond acceptors (Lipinski definition) is 4. The lowest BCUT2D eigenvalue weighted by Gasteiger charge is -2.24. The molecule has 10 aromatic rings. The molecule has 0 bridgehead atoms. The number of nitrogens with zero attached hydrogens (tertiary/aromatic N) is 6. The number of H-pyrrole nitrogens is 1. The standard InChI is InChI=1S/C51H45N7/c1-50(2,3)33-27-28-41-39(30-33)40-31-34(51(4,5)6)32-44(48(40)53-41)58-42-24-14-13-22-37(42)46(55-58)38-23-17-25-43-47(38)54-49(56(43)35-18-9-7-10-19-35)57(36-20-11-8-12-21-36)45-26-15-16-29-52-45/h7-32,53H,1-6H3. The molecule has 0 aliphatic heterocycles. The highest BCUT2D eigenvalue weighted by Gasteiger charge is 2.27. The fourth-order valence-corrected chi connectivity index (χ4v) is 8.17. The minimum absolute atomic E-state index is 0.0272. The minimum Gasteiger partial charge on any atom is -0.353 e. The van der Waals surface area contributed by atoms with Gasteiger partial charge in [0.05, 0.1) is 27.9 Å². The molecule has 0 saturated carbocycles. The number of benzene rings is 6. The fraction of sp³-hybridized carbons (Fsp3) is 0.157. The molecule has 0 fully saturated rings. The number of fused-ring (bicyclic) bond motifs is 5. The van der Waals surface area contributed by atoms with Crippen LogP contribution in [-0.4, -0.2) is 29.3 Å². The molecule has 0 spiro atoms. The number of anilines is 3. The first-order valence-electron chi connectivity index (χ1n) is 20.0. The molecule has 1 N–H and O–H groups in total. The predicted molar refractivity (Wildman–Crippen MR) is 240 cm³/mol. The molecule has 0 saturated heterocycles. The molecule has 0 atom stereocenters. The third-order valence-corrected chi connectivity index (χ3v) is 11.3. The highest BCUT2D eigenvalue weighted by atomic mass is 15.3. The number of aromatic amines is 1. The van der Waals surface area contributed by atoms with E-state index >= 15 is 0 Å². The minimum atomic E-state index is -0.0928. The van der Waals surface area contributed by atoms with Gasteiger partial charge in [-0.2, -0.15) is 5.10 Å². The lowest BCUT2D eigenvalue weighted by atomic mass is 9.84. The van der Waals surface area contributed by atoms with Crippen LogP contribution >= 0.6 is 0 Å². The maximum atomic E-state index is 5.57. The Morgan fingerprint density at radius 1 is 0.586 bits per heavy atom. The second-order valence-corrected chi connectivity index (χ2v) is 17.2. The number of aromatic nitrogens is 6. The van der Waals surface area contributed by atoms with E-state index in [1.807, 2.05) is 48.7 Å². The molecule has 7 heteroatoms. The first-order chi connectivity index (χ1) is 28.0. The summed E-state index contributed by atoms with van der Waals surface area (Å²) in [7, 11) is 0. The van der Waals surface area contributed by atoms with E-state index in [1.54, 1.807) is 0 Å². The van der Waals surface area contributed by atoms with Gasteiger partial charge in [-0.05, 0) is 94.8 Å². The number of hydrogen-bond donors (Lipinski definition) is 1. The fourth-order valence-electron chi connectivity index (χ4n) is 8.17. The van der Waals surface area contributed by atoms with Crippen molar-refractivity contribution in [1.29, 1.82) is 0 Å². The Kier molecular flexibility index (Phi) is 8.13. The van der Waals surface area contributed by atoms with Gasteiger partial charge in [0.15, 0.2) is 0 Å². The van der Waals surface area contributed by atoms with Gasteiger partial charge in [0.1, 0.15) is 17.0 Å². The Hall–Kier alpha value is -6.99. The van der Waals surface area contributed by atoms with Crippen molar-refractivity contribution in [2.75, 3.05) is 4.90 Å². The van der Waals surface area contributed by atoms with Crippen molar-refractivity contribution in [2.45, 2.75) is 52.4 Å². The van der Waals surface area contributed by atoms with Crippen molar-refractivity contribution >= 4 is 61.2 Å². The van der Waals surface area contributed by atoms with Crippen molar-refractivity contribution in [3.8, 4) is 22.6 Å². The number of nitrogens with one attached hydrogen (secondary N) is 1. The Morgan fingerprint density at radius 2 is 1.28 bits per heavy atom. The van der Waals surface area contributed by atoms with Crippen molar-refractivity contribution in [2.24, 2.45) is 0 Å². The summed E-state index contributed by atoms with van der Waals surface area (Å²) in [5.41, 5.74) is 12.3. The molecule has 10 rings (SSSR count). The molecular formula is C51H45N7. The van der Waals surface area contributed by atoms with Crippen LogP contribution in [0, 0.1) is 0 Å². The summed E-state index contributed by atoms with van der Waals surface area (Å²) >= 11 is 0. The topological polar surface area (TPSA) is 67.6 Å². The van der Waals surface area contributed by atoms with Gasteiger partial charge in [0, 0.05) is 39.1 Å². The SMILES string of the molecule is CC(C)(C)c1ccc2[nH]c3c(-n4nc(-c5cccc6c5nc(N(c5ccccc5)c5ccccn5)n6-c5ccccc5)c5ccccc54)cc(C(C)(C)C)cc3c2c1. The molecule has 0 radical (unpaired) electrons. The Labute approximate surface area is 338 Å². The summed E-state index contributed by atoms with van der Waals surface area (Å²) < 4.78 is 4.37. The quantitative estimate of drug-likeness (QED) is 0.183. The van der Waals surface area contributed by atoms with E-state index in [4.69, 9.17) is 15.1 Å². The Balaban J connectivity index is 1.25. The average Bonchev–Trinajstić information content (AvgIpc) is 3.93. The van der Waals surface area contributed by atoms with Crippen LogP contribution in [0.3, 0.4) is 0 Å². The molecule has 6 aromatic carbocycles. The van der Waals surface area contributed by atoms with Crippen LogP contribution in [0.4, 0.5) is 17.5 Å². The van der Waals surface area contributed by atoms with Crippen LogP contribution in [0.1, 0.15) is 52.7 Å². The van der Waals surface area contributed by atoms with Crippen molar-refractivity contribution < 1.29 is 0 Å². The van der Waals surface area contributed by atoms with Crippen LogP contribution < -0.4 is 4.90 Å². The number of para-hydroxylation sites is 4. The zero-order chi connectivity index (χ0) is 39.8. The Morgan fingerprint density at radius 3 is 2.02 bits per heavy atom. The molecule has 0 aliphatic rings. The normalized spacial score (nSPS) is 12.3. The van der Waals surface area contributed by atoms with Crippen LogP contribution in [-0.2, 0) is 10.8 Å². The first kappa shape index (κ1) is 35.4. The third kappa shape index (κ3) is 5.85. The molecule has 4 aromatic heterocycles. The molecule has 284 valence electrons. The van der Waals surface area contributed by atoms with Crippen LogP contribution in [0.15, 0.2) is 158 Å². The summed E-state index contributed by atoms with van der Waals surface area (Å²) in [4.78, 5) is 16.3. The number of rotatable bonds is 6. The number of pyridine rings is 1. The summed E-state index contributed by atoms with van der Waals surface area (Å²) in [6, 6.07) is 53.2. The van der Waals surface area contributed by atoms with Crippen molar-refractivity contribution in [3.63, 3.8) is 0 Å². The second kappa shape index (κ2) is 13.3. The zero-order valence-electron chi connectivity index (χ0n) is 33.7. The molecule has 4 heterocycles. The van der Waals surface area contributed by atoms with E-state index in [9.17, 15) is 0 Å². The lowest BCUT2D eigenvalue weighted by Crippen LogP contribution is -2.16. The molecule has 58 heavy (non-hydrogen) atoms. The molecule has 7 nitrogen and oxygen atoms in total. The summed E-state index contributed by atoms with van der Waals surface area (Å²) in [5.74, 6) is 1.50. The van der Waals surface area contributed by atoms with Gasteiger partial charge in [-0.25, -0.2) is 14.6 Å². The second-order valence-electron chi connectivity index (χ2n) is 17.2. The van der Waals surface area contributed by atoms with Crippen LogP contribution in [0.5, 0.6) is 0 Å². The molecule has 0 amide bonds. The zero-order valence-corrected chi connectivity index (χ0v) is 33.7. The van der Waals surface area contributed by atoms with E-state index < -0.39 is 0 Å². The molecule has 0 aliphatic carbocycles. The average molecular weight is 756 g/mol. The van der Waals surface area contributed by atoms with Crippen LogP contribution in [0.2, 0.25) is 0 Å². The highest BCUT2D eigenvalue weighted by molar-refractivity contribution is 6.11. The van der Waals surface area contributed by atoms with E-state index in [-0.39, 0.29) is 10.8 Å². The van der Waals surface area contributed by atoms with E-state index in [0.29, 0.717) is 0 Å². The van der Waals surface area contributed by atoms with Gasteiger partial charge in [-0.3, -0.25) is 9.47 Å². The van der Waals surface area contributed by atoms with Crippen molar-refractivity contribution in [1.82, 2.24) is 29.3 Å². The third-order valence-electron chi connectivity index (χ3n) is 11.3. The molecular weight excluding hydrogens is 711 g/mol. The van der Waals surface area contributed by atoms with Crippen LogP contribution in [0.25, 0.3) is 66.4 Å². The lowest BCUT2D eigenvalue weighted by molar-refractivity contribution is 0.590. The van der Waals surface area contributed by atoms with Gasteiger partial charge in [-0.1, -0.05) is 120 Å². The highest BCUT2D eigenvalue weighted by Crippen LogP contribution is 2.42. The smallest absolute Gasteiger partial charge is 0.221 e. The number of imidazole rings is 1. The summed E-state index contributed by atoms with van der Waals surface area (Å²) in [6.45, 7) is 13.7. The maximum Gasteiger partial charge on any atom is 0.221 e. The van der Waals surface area contributed by atoms with E-state index in [1.165, 1.54) is 21.9 Å². The van der Waals surface area contributed by atoms with Gasteiger partial charge >= 0.3 is 0 Å².